The summed E-state index contributed by atoms with van der Waals surface area (Å²) in [6, 6.07) is 13.4. The largest absolute Gasteiger partial charge is 0.493 e. The molecule has 4 rings (SSSR count). The first-order chi connectivity index (χ1) is 15.9. The number of sulfonamides is 1. The summed E-state index contributed by atoms with van der Waals surface area (Å²) >= 11 is 0. The molecule has 0 aliphatic rings. The van der Waals surface area contributed by atoms with Crippen molar-refractivity contribution in [2.45, 2.75) is 4.90 Å². The van der Waals surface area contributed by atoms with Crippen LogP contribution in [0.2, 0.25) is 0 Å². The zero-order valence-corrected chi connectivity index (χ0v) is 18.5. The fraction of sp³-hybridized carbons (Fsp3) is 0.190. The summed E-state index contributed by atoms with van der Waals surface area (Å²) < 4.78 is 58.1. The summed E-state index contributed by atoms with van der Waals surface area (Å²) in [4.78, 5) is 0.0353. The zero-order valence-electron chi connectivity index (χ0n) is 17.7. The highest BCUT2D eigenvalue weighted by Crippen LogP contribution is 2.29. The fourth-order valence-electron chi connectivity index (χ4n) is 3.03. The third kappa shape index (κ3) is 4.86. The molecule has 12 heteroatoms. The van der Waals surface area contributed by atoms with Gasteiger partial charge in [0.2, 0.25) is 15.9 Å². The van der Waals surface area contributed by atoms with E-state index in [-0.39, 0.29) is 29.7 Å². The van der Waals surface area contributed by atoms with Crippen LogP contribution in [0.25, 0.3) is 17.0 Å². The van der Waals surface area contributed by atoms with E-state index in [1.54, 1.807) is 24.3 Å². The predicted molar refractivity (Wildman–Crippen MR) is 116 cm³/mol. The Morgan fingerprint density at radius 2 is 1.73 bits per heavy atom. The molecule has 0 radical (unpaired) electrons. The third-order valence-corrected chi connectivity index (χ3v) is 6.11. The van der Waals surface area contributed by atoms with Gasteiger partial charge >= 0.3 is 0 Å². The topological polar surface area (TPSA) is 117 Å². The monoisotopic (exact) mass is 473 g/mol. The summed E-state index contributed by atoms with van der Waals surface area (Å²) in [5.74, 6) is 1.04. The van der Waals surface area contributed by atoms with Crippen LogP contribution in [0.5, 0.6) is 17.4 Å². The Morgan fingerprint density at radius 3 is 2.45 bits per heavy atom. The maximum atomic E-state index is 13.2. The molecule has 1 N–H and O–H groups in total. The van der Waals surface area contributed by atoms with Crippen molar-refractivity contribution >= 4 is 15.7 Å². The Bertz CT molecular complexity index is 1380. The summed E-state index contributed by atoms with van der Waals surface area (Å²) in [5.41, 5.74) is 1.12. The van der Waals surface area contributed by atoms with E-state index in [1.165, 1.54) is 49.1 Å². The number of halogens is 1. The van der Waals surface area contributed by atoms with Crippen molar-refractivity contribution < 1.29 is 27.0 Å². The molecular formula is C21H20FN5O5S. The van der Waals surface area contributed by atoms with E-state index in [9.17, 15) is 12.8 Å². The van der Waals surface area contributed by atoms with Gasteiger partial charge in [-0.05, 0) is 42.5 Å². The molecule has 0 aliphatic carbocycles. The first kappa shape index (κ1) is 22.4. The molecule has 0 amide bonds. The highest BCUT2D eigenvalue weighted by atomic mass is 32.2. The first-order valence-electron chi connectivity index (χ1n) is 9.74. The number of nitrogens with zero attached hydrogens (tertiary/aromatic N) is 4. The standard InChI is InChI=1S/C21H20FN5O5S/c1-30-17-8-7-16(13-18(17)31-2)33(28,29)23-11-12-32-20-10-9-19-24-25-21(27(19)26-20)14-3-5-15(22)6-4-14/h3-10,13,23H,11-12H2,1-2H3. The molecule has 0 saturated heterocycles. The molecule has 2 aromatic carbocycles. The summed E-state index contributed by atoms with van der Waals surface area (Å²) in [7, 11) is -0.891. The minimum absolute atomic E-state index is 0.00337. The molecule has 0 saturated carbocycles. The number of benzene rings is 2. The highest BCUT2D eigenvalue weighted by molar-refractivity contribution is 7.89. The van der Waals surface area contributed by atoms with Gasteiger partial charge in [-0.2, -0.15) is 4.52 Å². The van der Waals surface area contributed by atoms with Gasteiger partial charge in [-0.15, -0.1) is 15.3 Å². The molecule has 4 aromatic rings. The minimum atomic E-state index is -3.79. The lowest BCUT2D eigenvalue weighted by Crippen LogP contribution is -2.28. The SMILES string of the molecule is COc1ccc(S(=O)(=O)NCCOc2ccc3nnc(-c4ccc(F)cc4)n3n2)cc1OC. The summed E-state index contributed by atoms with van der Waals surface area (Å²) in [6.07, 6.45) is 0. The Morgan fingerprint density at radius 1 is 0.970 bits per heavy atom. The third-order valence-electron chi connectivity index (χ3n) is 4.65. The van der Waals surface area contributed by atoms with Gasteiger partial charge in [0, 0.05) is 24.2 Å². The number of ether oxygens (including phenoxy) is 3. The van der Waals surface area contributed by atoms with Crippen molar-refractivity contribution in [2.75, 3.05) is 27.4 Å². The number of fused-ring (bicyclic) bond motifs is 1. The Labute approximate surface area is 189 Å². The average Bonchev–Trinajstić information content (AvgIpc) is 3.25. The number of rotatable bonds is 9. The van der Waals surface area contributed by atoms with Crippen LogP contribution in [-0.4, -0.2) is 55.6 Å². The number of nitrogens with one attached hydrogen (secondary N) is 1. The lowest BCUT2D eigenvalue weighted by atomic mass is 10.2. The predicted octanol–water partition coefficient (Wildman–Crippen LogP) is 2.30. The van der Waals surface area contributed by atoms with Gasteiger partial charge < -0.3 is 14.2 Å². The van der Waals surface area contributed by atoms with Gasteiger partial charge in [-0.3, -0.25) is 0 Å². The van der Waals surface area contributed by atoms with Crippen molar-refractivity contribution in [3.05, 3.63) is 60.4 Å². The molecule has 10 nitrogen and oxygen atoms in total. The second-order valence-electron chi connectivity index (χ2n) is 6.74. The molecule has 172 valence electrons. The number of hydrogen-bond acceptors (Lipinski definition) is 8. The van der Waals surface area contributed by atoms with E-state index in [4.69, 9.17) is 14.2 Å². The van der Waals surface area contributed by atoms with Crippen LogP contribution in [0, 0.1) is 5.82 Å². The molecule has 0 bridgehead atoms. The quantitative estimate of drug-likeness (QED) is 0.368. The smallest absolute Gasteiger partial charge is 0.240 e. The molecule has 0 atom stereocenters. The van der Waals surface area contributed by atoms with Crippen molar-refractivity contribution in [1.29, 1.82) is 0 Å². The fourth-order valence-corrected chi connectivity index (χ4v) is 4.05. The molecule has 33 heavy (non-hydrogen) atoms. The van der Waals surface area contributed by atoms with Crippen LogP contribution in [0.3, 0.4) is 0 Å². The number of aromatic nitrogens is 4. The maximum Gasteiger partial charge on any atom is 0.240 e. The van der Waals surface area contributed by atoms with Crippen molar-refractivity contribution in [3.8, 4) is 28.8 Å². The lowest BCUT2D eigenvalue weighted by Gasteiger charge is -2.11. The second kappa shape index (κ2) is 9.38. The van der Waals surface area contributed by atoms with Crippen LogP contribution in [0.4, 0.5) is 4.39 Å². The molecule has 0 fully saturated rings. The molecule has 2 aromatic heterocycles. The van der Waals surface area contributed by atoms with Gasteiger partial charge in [0.25, 0.3) is 0 Å². The maximum absolute atomic E-state index is 13.2. The Kier molecular flexibility index (Phi) is 6.38. The Balaban J connectivity index is 1.42. The van der Waals surface area contributed by atoms with Crippen LogP contribution >= 0.6 is 0 Å². The van der Waals surface area contributed by atoms with E-state index in [0.29, 0.717) is 28.5 Å². The van der Waals surface area contributed by atoms with Crippen molar-refractivity contribution in [3.63, 3.8) is 0 Å². The number of hydrogen-bond donors (Lipinski definition) is 1. The van der Waals surface area contributed by atoms with Gasteiger partial charge in [-0.1, -0.05) is 0 Å². The van der Waals surface area contributed by atoms with Crippen molar-refractivity contribution in [2.24, 2.45) is 0 Å². The average molecular weight is 473 g/mol. The van der Waals surface area contributed by atoms with Gasteiger partial charge in [0.15, 0.2) is 23.0 Å². The van der Waals surface area contributed by atoms with E-state index in [0.717, 1.165) is 0 Å². The van der Waals surface area contributed by atoms with E-state index >= 15 is 0 Å². The van der Waals surface area contributed by atoms with E-state index in [1.807, 2.05) is 0 Å². The normalized spacial score (nSPS) is 11.5. The van der Waals surface area contributed by atoms with Crippen LogP contribution in [-0.2, 0) is 10.0 Å². The van der Waals surface area contributed by atoms with Gasteiger partial charge in [0.05, 0.1) is 19.1 Å². The summed E-state index contributed by atoms with van der Waals surface area (Å²) in [5, 5.41) is 12.5. The second-order valence-corrected chi connectivity index (χ2v) is 8.50. The molecule has 0 aliphatic heterocycles. The first-order valence-corrected chi connectivity index (χ1v) is 11.2. The van der Waals surface area contributed by atoms with E-state index in [2.05, 4.69) is 20.0 Å². The zero-order chi connectivity index (χ0) is 23.4. The van der Waals surface area contributed by atoms with Gasteiger partial charge in [-0.25, -0.2) is 17.5 Å². The Hall–Kier alpha value is -3.77. The molecular weight excluding hydrogens is 453 g/mol. The molecule has 0 spiro atoms. The minimum Gasteiger partial charge on any atom is -0.493 e. The van der Waals surface area contributed by atoms with Crippen LogP contribution in [0.15, 0.2) is 59.5 Å². The molecule has 2 heterocycles. The van der Waals surface area contributed by atoms with Crippen LogP contribution in [0.1, 0.15) is 0 Å². The highest BCUT2D eigenvalue weighted by Gasteiger charge is 2.17. The summed E-state index contributed by atoms with van der Waals surface area (Å²) in [6.45, 7) is 0.0302. The van der Waals surface area contributed by atoms with Gasteiger partial charge in [0.1, 0.15) is 12.4 Å². The lowest BCUT2D eigenvalue weighted by molar-refractivity contribution is 0.306. The molecule has 0 unspecified atom stereocenters. The number of methoxy groups -OCH3 is 2. The van der Waals surface area contributed by atoms with E-state index < -0.39 is 10.0 Å². The van der Waals surface area contributed by atoms with Crippen molar-refractivity contribution in [1.82, 2.24) is 24.5 Å². The van der Waals surface area contributed by atoms with Crippen LogP contribution < -0.4 is 18.9 Å².